The van der Waals surface area contributed by atoms with Crippen molar-refractivity contribution >= 4 is 5.97 Å². The molecule has 0 saturated carbocycles. The van der Waals surface area contributed by atoms with E-state index in [0.717, 1.165) is 45.1 Å². The fourth-order valence-corrected chi connectivity index (χ4v) is 2.43. The standard InChI is InChI=1S/C18H29NO2/c20-18(21)16-17-14-12-10-8-6-4-2-1-3-5-7-9-11-13-15-19-17/h2-5,8,10,17,19H,1,6-7,9,11-16H2,(H,20,21). The fourth-order valence-electron chi connectivity index (χ4n) is 2.43. The predicted octanol–water partition coefficient (Wildman–Crippen LogP) is 4.22. The Labute approximate surface area is 128 Å². The molecule has 1 aliphatic heterocycles. The van der Waals surface area contributed by atoms with Gasteiger partial charge in [0.1, 0.15) is 0 Å². The zero-order chi connectivity index (χ0) is 15.2. The Morgan fingerprint density at radius 2 is 1.62 bits per heavy atom. The molecule has 0 aliphatic carbocycles. The van der Waals surface area contributed by atoms with Gasteiger partial charge in [-0.2, -0.15) is 0 Å². The van der Waals surface area contributed by atoms with Gasteiger partial charge in [0.2, 0.25) is 0 Å². The van der Waals surface area contributed by atoms with Gasteiger partial charge in [0.15, 0.2) is 0 Å². The second kappa shape index (κ2) is 12.4. The summed E-state index contributed by atoms with van der Waals surface area (Å²) in [4.78, 5) is 10.9. The van der Waals surface area contributed by atoms with Crippen LogP contribution in [0.1, 0.15) is 57.8 Å². The molecule has 3 heteroatoms. The molecule has 0 aromatic carbocycles. The van der Waals surface area contributed by atoms with E-state index in [0.29, 0.717) is 0 Å². The van der Waals surface area contributed by atoms with Crippen molar-refractivity contribution in [3.05, 3.63) is 36.5 Å². The van der Waals surface area contributed by atoms with Crippen molar-refractivity contribution in [1.29, 1.82) is 0 Å². The number of carboxylic acid groups (broad SMARTS) is 1. The van der Waals surface area contributed by atoms with E-state index in [9.17, 15) is 4.79 Å². The molecule has 0 bridgehead atoms. The van der Waals surface area contributed by atoms with E-state index in [1.54, 1.807) is 0 Å². The summed E-state index contributed by atoms with van der Waals surface area (Å²) in [7, 11) is 0. The molecule has 21 heavy (non-hydrogen) atoms. The molecule has 0 saturated heterocycles. The Kier molecular flexibility index (Phi) is 10.4. The maximum atomic E-state index is 10.9. The molecular formula is C18H29NO2. The summed E-state index contributed by atoms with van der Waals surface area (Å²) in [5.74, 6) is -0.713. The van der Waals surface area contributed by atoms with E-state index in [1.165, 1.54) is 12.8 Å². The van der Waals surface area contributed by atoms with Crippen LogP contribution in [0.2, 0.25) is 0 Å². The van der Waals surface area contributed by atoms with Crippen molar-refractivity contribution in [3.63, 3.8) is 0 Å². The van der Waals surface area contributed by atoms with Gasteiger partial charge in [0.25, 0.3) is 0 Å². The zero-order valence-corrected chi connectivity index (χ0v) is 13.0. The molecule has 0 aromatic heterocycles. The number of allylic oxidation sites excluding steroid dienone is 6. The predicted molar refractivity (Wildman–Crippen MR) is 88.4 cm³/mol. The first kappa shape index (κ1) is 17.7. The smallest absolute Gasteiger partial charge is 0.304 e. The van der Waals surface area contributed by atoms with Crippen molar-refractivity contribution in [1.82, 2.24) is 5.32 Å². The van der Waals surface area contributed by atoms with Crippen molar-refractivity contribution in [3.8, 4) is 0 Å². The number of carboxylic acids is 1. The molecule has 0 aromatic rings. The van der Waals surface area contributed by atoms with Crippen LogP contribution in [0.25, 0.3) is 0 Å². The van der Waals surface area contributed by atoms with Crippen molar-refractivity contribution < 1.29 is 9.90 Å². The number of hydrogen-bond acceptors (Lipinski definition) is 2. The average molecular weight is 291 g/mol. The maximum Gasteiger partial charge on any atom is 0.304 e. The number of carbonyl (C=O) groups is 1. The van der Waals surface area contributed by atoms with E-state index in [2.05, 4.69) is 41.8 Å². The Balaban J connectivity index is 2.42. The maximum absolute atomic E-state index is 10.9. The van der Waals surface area contributed by atoms with Gasteiger partial charge >= 0.3 is 5.97 Å². The Morgan fingerprint density at radius 1 is 0.952 bits per heavy atom. The summed E-state index contributed by atoms with van der Waals surface area (Å²) in [5.41, 5.74) is 0. The van der Waals surface area contributed by atoms with E-state index < -0.39 is 5.97 Å². The van der Waals surface area contributed by atoms with Crippen LogP contribution in [0, 0.1) is 0 Å². The monoisotopic (exact) mass is 291 g/mol. The van der Waals surface area contributed by atoms with Crippen molar-refractivity contribution in [2.24, 2.45) is 0 Å². The van der Waals surface area contributed by atoms with Gasteiger partial charge in [0, 0.05) is 6.04 Å². The van der Waals surface area contributed by atoms with Crippen molar-refractivity contribution in [2.45, 2.75) is 63.8 Å². The first-order valence-corrected chi connectivity index (χ1v) is 8.19. The first-order valence-electron chi connectivity index (χ1n) is 8.19. The minimum absolute atomic E-state index is 0.0956. The molecule has 1 atom stereocenters. The van der Waals surface area contributed by atoms with E-state index in [-0.39, 0.29) is 12.5 Å². The van der Waals surface area contributed by atoms with Crippen LogP contribution in [0.3, 0.4) is 0 Å². The van der Waals surface area contributed by atoms with E-state index in [1.807, 2.05) is 0 Å². The average Bonchev–Trinajstić information content (AvgIpc) is 2.45. The minimum atomic E-state index is -0.713. The molecule has 1 unspecified atom stereocenters. The number of nitrogens with one attached hydrogen (secondary N) is 1. The minimum Gasteiger partial charge on any atom is -0.481 e. The highest BCUT2D eigenvalue weighted by Crippen LogP contribution is 2.06. The van der Waals surface area contributed by atoms with Gasteiger partial charge in [-0.3, -0.25) is 4.79 Å². The Morgan fingerprint density at radius 3 is 2.33 bits per heavy atom. The van der Waals surface area contributed by atoms with Gasteiger partial charge in [-0.05, 0) is 51.5 Å². The molecule has 0 amide bonds. The van der Waals surface area contributed by atoms with Crippen LogP contribution in [0.15, 0.2) is 36.5 Å². The Bertz CT molecular complexity index is 358. The lowest BCUT2D eigenvalue weighted by molar-refractivity contribution is -0.137. The summed E-state index contributed by atoms with van der Waals surface area (Å²) in [6, 6.07) is 0.0956. The molecule has 2 N–H and O–H groups in total. The van der Waals surface area contributed by atoms with Gasteiger partial charge in [-0.15, -0.1) is 0 Å². The molecule has 1 heterocycles. The lowest BCUT2D eigenvalue weighted by Gasteiger charge is -2.16. The zero-order valence-electron chi connectivity index (χ0n) is 13.0. The second-order valence-corrected chi connectivity index (χ2v) is 5.56. The number of hydrogen-bond donors (Lipinski definition) is 2. The van der Waals surface area contributed by atoms with Gasteiger partial charge in [0.05, 0.1) is 6.42 Å². The van der Waals surface area contributed by atoms with Crippen LogP contribution in [0.5, 0.6) is 0 Å². The van der Waals surface area contributed by atoms with Crippen LogP contribution in [0.4, 0.5) is 0 Å². The normalized spacial score (nSPS) is 22.8. The number of aliphatic carboxylic acids is 1. The molecular weight excluding hydrogens is 262 g/mol. The fraction of sp³-hybridized carbons (Fsp3) is 0.611. The summed E-state index contributed by atoms with van der Waals surface area (Å²) >= 11 is 0. The van der Waals surface area contributed by atoms with Gasteiger partial charge in [-0.1, -0.05) is 42.9 Å². The Hall–Kier alpha value is -1.35. The van der Waals surface area contributed by atoms with E-state index in [4.69, 9.17) is 5.11 Å². The van der Waals surface area contributed by atoms with Gasteiger partial charge < -0.3 is 10.4 Å². The third kappa shape index (κ3) is 11.0. The highest BCUT2D eigenvalue weighted by Gasteiger charge is 2.11. The summed E-state index contributed by atoms with van der Waals surface area (Å²) in [6.07, 6.45) is 21.9. The summed E-state index contributed by atoms with van der Waals surface area (Å²) < 4.78 is 0. The van der Waals surface area contributed by atoms with Gasteiger partial charge in [-0.25, -0.2) is 0 Å². The van der Waals surface area contributed by atoms with Crippen LogP contribution >= 0.6 is 0 Å². The molecule has 3 nitrogen and oxygen atoms in total. The lowest BCUT2D eigenvalue weighted by Crippen LogP contribution is -2.32. The van der Waals surface area contributed by atoms with E-state index >= 15 is 0 Å². The molecule has 118 valence electrons. The van der Waals surface area contributed by atoms with Crippen LogP contribution in [-0.2, 0) is 4.79 Å². The van der Waals surface area contributed by atoms with Crippen LogP contribution in [-0.4, -0.2) is 23.7 Å². The SMILES string of the molecule is O=C(O)CC1CCC=CCC=CCC=CCCCCCN1. The molecule has 0 fully saturated rings. The topological polar surface area (TPSA) is 49.3 Å². The number of rotatable bonds is 2. The second-order valence-electron chi connectivity index (χ2n) is 5.56. The molecule has 0 radical (unpaired) electrons. The third-order valence-corrected chi connectivity index (χ3v) is 3.63. The highest BCUT2D eigenvalue weighted by atomic mass is 16.4. The lowest BCUT2D eigenvalue weighted by atomic mass is 10.1. The largest absolute Gasteiger partial charge is 0.481 e. The summed E-state index contributed by atoms with van der Waals surface area (Å²) in [6.45, 7) is 0.924. The van der Waals surface area contributed by atoms with Crippen molar-refractivity contribution in [2.75, 3.05) is 6.54 Å². The molecule has 1 rings (SSSR count). The highest BCUT2D eigenvalue weighted by molar-refractivity contribution is 5.67. The quantitative estimate of drug-likeness (QED) is 0.749. The summed E-state index contributed by atoms with van der Waals surface area (Å²) in [5, 5.41) is 12.4. The molecule has 0 spiro atoms. The van der Waals surface area contributed by atoms with Crippen LogP contribution < -0.4 is 5.32 Å². The molecule has 1 aliphatic rings. The third-order valence-electron chi connectivity index (χ3n) is 3.63. The first-order chi connectivity index (χ1) is 10.3.